The normalized spacial score (nSPS) is 14.0. The van der Waals surface area contributed by atoms with Crippen LogP contribution in [0.25, 0.3) is 11.4 Å². The zero-order valence-electron chi connectivity index (χ0n) is 15.3. The molecule has 0 spiro atoms. The summed E-state index contributed by atoms with van der Waals surface area (Å²) in [6, 6.07) is 13.1. The monoisotopic (exact) mass is 415 g/mol. The Bertz CT molecular complexity index is 1060. The summed E-state index contributed by atoms with van der Waals surface area (Å²) in [6.07, 6.45) is 0.669. The fourth-order valence-electron chi connectivity index (χ4n) is 3.44. The van der Waals surface area contributed by atoms with E-state index in [2.05, 4.69) is 9.88 Å². The van der Waals surface area contributed by atoms with Gasteiger partial charge in [0.25, 0.3) is 5.56 Å². The van der Waals surface area contributed by atoms with Crippen LogP contribution in [0.15, 0.2) is 47.3 Å². The SMILES string of the molecule is COc1ccc(CN2CCc3c(nc(-c4ccc(Cl)cc4)[nH]c3=O)C2)cc1Cl. The minimum absolute atomic E-state index is 0.0675. The van der Waals surface area contributed by atoms with Gasteiger partial charge in [-0.3, -0.25) is 9.69 Å². The van der Waals surface area contributed by atoms with Crippen LogP contribution < -0.4 is 10.3 Å². The number of hydrogen-bond acceptors (Lipinski definition) is 4. The Kier molecular flexibility index (Phi) is 5.40. The van der Waals surface area contributed by atoms with Gasteiger partial charge in [0, 0.05) is 35.8 Å². The highest BCUT2D eigenvalue weighted by Crippen LogP contribution is 2.27. The Hall–Kier alpha value is -2.34. The van der Waals surface area contributed by atoms with Crippen molar-refractivity contribution in [3.63, 3.8) is 0 Å². The Morgan fingerprint density at radius 3 is 2.68 bits per heavy atom. The van der Waals surface area contributed by atoms with Gasteiger partial charge in [-0.2, -0.15) is 0 Å². The molecule has 3 aromatic rings. The first-order valence-corrected chi connectivity index (χ1v) is 9.72. The van der Waals surface area contributed by atoms with E-state index in [0.29, 0.717) is 34.6 Å². The van der Waals surface area contributed by atoms with Crippen molar-refractivity contribution in [1.29, 1.82) is 0 Å². The van der Waals surface area contributed by atoms with E-state index in [1.165, 1.54) is 0 Å². The smallest absolute Gasteiger partial charge is 0.254 e. The molecule has 0 radical (unpaired) electrons. The van der Waals surface area contributed by atoms with Gasteiger partial charge in [-0.05, 0) is 48.4 Å². The molecule has 0 fully saturated rings. The number of rotatable bonds is 4. The number of fused-ring (bicyclic) bond motifs is 1. The number of ether oxygens (including phenoxy) is 1. The minimum Gasteiger partial charge on any atom is -0.495 e. The summed E-state index contributed by atoms with van der Waals surface area (Å²) in [6.45, 7) is 2.14. The molecular formula is C21H19Cl2N3O2. The molecule has 2 aromatic carbocycles. The fraction of sp³-hybridized carbons (Fsp3) is 0.238. The van der Waals surface area contributed by atoms with Crippen LogP contribution in [0.2, 0.25) is 10.0 Å². The van der Waals surface area contributed by atoms with E-state index in [-0.39, 0.29) is 5.56 Å². The van der Waals surface area contributed by atoms with E-state index < -0.39 is 0 Å². The molecule has 1 N–H and O–H groups in total. The zero-order chi connectivity index (χ0) is 19.7. The standard InChI is InChI=1S/C21H19Cl2N3O2/c1-28-19-7-2-13(10-17(19)23)11-26-9-8-16-18(12-26)24-20(25-21(16)27)14-3-5-15(22)6-4-14/h2-7,10H,8-9,11-12H2,1H3,(H,24,25,27). The summed E-state index contributed by atoms with van der Waals surface area (Å²) in [7, 11) is 1.60. The first-order valence-electron chi connectivity index (χ1n) is 8.96. The lowest BCUT2D eigenvalue weighted by atomic mass is 10.0. The highest BCUT2D eigenvalue weighted by molar-refractivity contribution is 6.32. The Labute approximate surface area is 172 Å². The number of nitrogens with zero attached hydrogens (tertiary/aromatic N) is 2. The molecule has 4 rings (SSSR count). The highest BCUT2D eigenvalue weighted by atomic mass is 35.5. The fourth-order valence-corrected chi connectivity index (χ4v) is 3.85. The quantitative estimate of drug-likeness (QED) is 0.689. The zero-order valence-corrected chi connectivity index (χ0v) is 16.8. The van der Waals surface area contributed by atoms with Crippen molar-refractivity contribution in [2.75, 3.05) is 13.7 Å². The molecule has 2 heterocycles. The highest BCUT2D eigenvalue weighted by Gasteiger charge is 2.21. The van der Waals surface area contributed by atoms with Crippen molar-refractivity contribution in [3.05, 3.63) is 79.7 Å². The summed E-state index contributed by atoms with van der Waals surface area (Å²) in [5.74, 6) is 1.23. The van der Waals surface area contributed by atoms with Crippen LogP contribution in [0.1, 0.15) is 16.8 Å². The second kappa shape index (κ2) is 7.95. The maximum absolute atomic E-state index is 12.5. The number of aromatic amines is 1. The van der Waals surface area contributed by atoms with Crippen LogP contribution >= 0.6 is 23.2 Å². The second-order valence-corrected chi connectivity index (χ2v) is 7.62. The molecule has 0 saturated heterocycles. The third kappa shape index (κ3) is 3.92. The van der Waals surface area contributed by atoms with Crippen molar-refractivity contribution in [2.45, 2.75) is 19.5 Å². The van der Waals surface area contributed by atoms with Gasteiger partial charge < -0.3 is 9.72 Å². The summed E-state index contributed by atoms with van der Waals surface area (Å²) in [5.41, 5.74) is 3.45. The van der Waals surface area contributed by atoms with E-state index >= 15 is 0 Å². The van der Waals surface area contributed by atoms with Crippen LogP contribution in [0, 0.1) is 0 Å². The number of hydrogen-bond donors (Lipinski definition) is 1. The molecule has 0 aliphatic carbocycles. The summed E-state index contributed by atoms with van der Waals surface area (Å²) in [4.78, 5) is 22.4. The first kappa shape index (κ1) is 19.0. The molecule has 1 aromatic heterocycles. The summed E-state index contributed by atoms with van der Waals surface area (Å²) < 4.78 is 5.21. The molecule has 144 valence electrons. The van der Waals surface area contributed by atoms with Crippen molar-refractivity contribution in [1.82, 2.24) is 14.9 Å². The predicted octanol–water partition coefficient (Wildman–Crippen LogP) is 4.31. The van der Waals surface area contributed by atoms with Crippen LogP contribution in [0.3, 0.4) is 0 Å². The number of methoxy groups -OCH3 is 1. The molecule has 0 atom stereocenters. The van der Waals surface area contributed by atoms with Gasteiger partial charge in [0.2, 0.25) is 0 Å². The van der Waals surface area contributed by atoms with Crippen molar-refractivity contribution in [2.24, 2.45) is 0 Å². The van der Waals surface area contributed by atoms with Gasteiger partial charge in [-0.15, -0.1) is 0 Å². The molecule has 1 aliphatic rings. The second-order valence-electron chi connectivity index (χ2n) is 6.78. The lowest BCUT2D eigenvalue weighted by Gasteiger charge is -2.28. The Balaban J connectivity index is 1.58. The number of halogens is 2. The van der Waals surface area contributed by atoms with Crippen molar-refractivity contribution in [3.8, 4) is 17.1 Å². The maximum atomic E-state index is 12.5. The van der Waals surface area contributed by atoms with Gasteiger partial charge in [0.15, 0.2) is 0 Å². The van der Waals surface area contributed by atoms with E-state index in [0.717, 1.165) is 35.5 Å². The number of H-pyrrole nitrogens is 1. The molecule has 0 saturated carbocycles. The van der Waals surface area contributed by atoms with Gasteiger partial charge in [0.05, 0.1) is 17.8 Å². The lowest BCUT2D eigenvalue weighted by Crippen LogP contribution is -2.35. The topological polar surface area (TPSA) is 58.2 Å². The van der Waals surface area contributed by atoms with Crippen molar-refractivity contribution >= 4 is 23.2 Å². The molecule has 0 bridgehead atoms. The van der Waals surface area contributed by atoms with E-state index in [1.54, 1.807) is 19.2 Å². The van der Waals surface area contributed by atoms with E-state index in [1.807, 2.05) is 30.3 Å². The van der Waals surface area contributed by atoms with Crippen LogP contribution in [-0.4, -0.2) is 28.5 Å². The average molecular weight is 416 g/mol. The van der Waals surface area contributed by atoms with E-state index in [4.69, 9.17) is 32.9 Å². The minimum atomic E-state index is -0.0675. The van der Waals surface area contributed by atoms with Gasteiger partial charge >= 0.3 is 0 Å². The van der Waals surface area contributed by atoms with Gasteiger partial charge in [0.1, 0.15) is 11.6 Å². The molecule has 28 heavy (non-hydrogen) atoms. The summed E-state index contributed by atoms with van der Waals surface area (Å²) >= 11 is 12.2. The molecule has 0 amide bonds. The molecule has 5 nitrogen and oxygen atoms in total. The first-order chi connectivity index (χ1) is 13.5. The largest absolute Gasteiger partial charge is 0.495 e. The lowest BCUT2D eigenvalue weighted by molar-refractivity contribution is 0.240. The molecule has 0 unspecified atom stereocenters. The third-order valence-electron chi connectivity index (χ3n) is 4.89. The molecule has 7 heteroatoms. The molecular weight excluding hydrogens is 397 g/mol. The Morgan fingerprint density at radius 2 is 1.96 bits per heavy atom. The van der Waals surface area contributed by atoms with Crippen LogP contribution in [0.4, 0.5) is 0 Å². The van der Waals surface area contributed by atoms with Crippen molar-refractivity contribution < 1.29 is 4.74 Å². The number of aromatic nitrogens is 2. The van der Waals surface area contributed by atoms with E-state index in [9.17, 15) is 4.79 Å². The third-order valence-corrected chi connectivity index (χ3v) is 5.44. The predicted molar refractivity (Wildman–Crippen MR) is 111 cm³/mol. The van der Waals surface area contributed by atoms with Gasteiger partial charge in [-0.25, -0.2) is 4.98 Å². The number of benzene rings is 2. The molecule has 1 aliphatic heterocycles. The van der Waals surface area contributed by atoms with Crippen LogP contribution in [-0.2, 0) is 19.5 Å². The van der Waals surface area contributed by atoms with Crippen LogP contribution in [0.5, 0.6) is 5.75 Å². The van der Waals surface area contributed by atoms with Gasteiger partial charge in [-0.1, -0.05) is 29.3 Å². The number of nitrogens with one attached hydrogen (secondary N) is 1. The summed E-state index contributed by atoms with van der Waals surface area (Å²) in [5, 5.41) is 1.24. The maximum Gasteiger partial charge on any atom is 0.254 e. The average Bonchev–Trinajstić information content (AvgIpc) is 2.68. The Morgan fingerprint density at radius 1 is 1.18 bits per heavy atom.